The highest BCUT2D eigenvalue weighted by atomic mass is 16.5. The Balaban J connectivity index is 0.000000863. The maximum absolute atomic E-state index is 11.6. The average Bonchev–Trinajstić information content (AvgIpc) is 4.30. The van der Waals surface area contributed by atoms with Crippen LogP contribution in [0, 0.1) is 17.8 Å². The Kier molecular flexibility index (Phi) is 41.6. The van der Waals surface area contributed by atoms with Crippen LogP contribution in [0.3, 0.4) is 0 Å². The summed E-state index contributed by atoms with van der Waals surface area (Å²) in [6.07, 6.45) is 14.1. The van der Waals surface area contributed by atoms with Crippen LogP contribution in [0.5, 0.6) is 0 Å². The number of ether oxygens (including phenoxy) is 5. The highest BCUT2D eigenvalue weighted by Crippen LogP contribution is 2.16. The van der Waals surface area contributed by atoms with Crippen LogP contribution in [0.15, 0.2) is 0 Å². The van der Waals surface area contributed by atoms with Crippen LogP contribution in [0.4, 0.5) is 0 Å². The lowest BCUT2D eigenvalue weighted by molar-refractivity contribution is -0.143. The first kappa shape index (κ1) is 74.1. The zero-order valence-electron chi connectivity index (χ0n) is 52.1. The summed E-state index contributed by atoms with van der Waals surface area (Å²) in [6, 6.07) is 0.475. The molecular formula is C59H113N7O12. The normalized spacial score (nSPS) is 24.6. The molecule has 8 heterocycles. The minimum atomic E-state index is 0.181. The molecule has 0 radical (unpaired) electrons. The second-order valence-electron chi connectivity index (χ2n) is 22.0. The fraction of sp³-hybridized carbons (Fsp3) is 0.881. The van der Waals surface area contributed by atoms with Gasteiger partial charge < -0.3 is 58.0 Å². The predicted molar refractivity (Wildman–Crippen MR) is 309 cm³/mol. The van der Waals surface area contributed by atoms with E-state index in [2.05, 4.69) is 20.8 Å². The first-order chi connectivity index (χ1) is 36.9. The van der Waals surface area contributed by atoms with Crippen LogP contribution < -0.4 is 0 Å². The Morgan fingerprint density at radius 2 is 1.12 bits per heavy atom. The Morgan fingerprint density at radius 1 is 0.577 bits per heavy atom. The first-order valence-electron chi connectivity index (χ1n) is 29.7. The third-order valence-corrected chi connectivity index (χ3v) is 14.4. The van der Waals surface area contributed by atoms with E-state index in [1.54, 1.807) is 33.7 Å². The van der Waals surface area contributed by atoms with Gasteiger partial charge in [-0.3, -0.25) is 33.6 Å². The number of hydrogen-bond acceptors (Lipinski definition) is 12. The number of hydrogen-bond donors (Lipinski definition) is 0. The SMILES string of the molecule is CC1CCC(=O)N1C.CC1CCCO1.CC1CCN(C)C1=O.CC1CCOC1.CCC(=O)N1CCOCC1.CCC(C)C(=O)N(C)C.CCCC(=O)N1CC(C)OC(C)C1.CCCC(=O)N1CCOCC1.CN1CCCC1=O. The van der Waals surface area contributed by atoms with Gasteiger partial charge in [-0.25, -0.2) is 0 Å². The van der Waals surface area contributed by atoms with Crippen molar-refractivity contribution in [1.29, 1.82) is 0 Å². The molecule has 0 aliphatic carbocycles. The first-order valence-corrected chi connectivity index (χ1v) is 29.7. The van der Waals surface area contributed by atoms with Crippen molar-refractivity contribution in [1.82, 2.24) is 34.3 Å². The van der Waals surface area contributed by atoms with Gasteiger partial charge in [0.05, 0.1) is 44.7 Å². The lowest BCUT2D eigenvalue weighted by atomic mass is 10.1. The summed E-state index contributed by atoms with van der Waals surface area (Å²) < 4.78 is 26.0. The highest BCUT2D eigenvalue weighted by Gasteiger charge is 2.26. The number of nitrogens with zero attached hydrogens (tertiary/aromatic N) is 7. The highest BCUT2D eigenvalue weighted by molar-refractivity contribution is 5.80. The van der Waals surface area contributed by atoms with Crippen molar-refractivity contribution in [3.8, 4) is 0 Å². The zero-order valence-corrected chi connectivity index (χ0v) is 52.1. The maximum atomic E-state index is 11.6. The van der Waals surface area contributed by atoms with Gasteiger partial charge in [0, 0.05) is 157 Å². The predicted octanol–water partition coefficient (Wildman–Crippen LogP) is 7.02. The lowest BCUT2D eigenvalue weighted by Gasteiger charge is -2.35. The number of amides is 7. The lowest BCUT2D eigenvalue weighted by Crippen LogP contribution is -2.48. The molecule has 8 aliphatic rings. The van der Waals surface area contributed by atoms with Crippen LogP contribution in [0.25, 0.3) is 0 Å². The van der Waals surface area contributed by atoms with Gasteiger partial charge in [0.15, 0.2) is 0 Å². The molecule has 8 saturated heterocycles. The van der Waals surface area contributed by atoms with Crippen LogP contribution in [0.1, 0.15) is 166 Å². The molecule has 0 aromatic carbocycles. The standard InChI is InChI=1S/C10H19NO2.C8H15NO2.C7H13NO2.C7H15NO.2C6H11NO.C5H9NO.2C5H10O/c1-4-5-10(12)11-6-8(2)13-9(3)7-11;1-2-3-8(10)9-4-6-11-7-5-9;1-2-7(9)8-3-5-10-6-4-8;1-5-6(2)7(9)8(3)4;1-5-3-4-7(2)6(5)8;1-5-3-4-6(8)7(5)2;1-6-4-2-3-5(6)7;1-5-2-3-6-4-5;1-5-3-2-4-6-5/h8-9H,4-7H2,1-3H3;2-7H2,1H3;2-6H2,1H3;6H,5H2,1-4H3;2*5H,3-4H2,1-2H3;2-4H2,1H3;2*5H,2-4H2,1H3. The van der Waals surface area contributed by atoms with Crippen molar-refractivity contribution in [2.24, 2.45) is 17.8 Å². The molecule has 78 heavy (non-hydrogen) atoms. The Morgan fingerprint density at radius 3 is 1.36 bits per heavy atom. The van der Waals surface area contributed by atoms with Gasteiger partial charge in [-0.05, 0) is 91.4 Å². The van der Waals surface area contributed by atoms with Gasteiger partial charge in [-0.2, -0.15) is 0 Å². The molecule has 456 valence electrons. The summed E-state index contributed by atoms with van der Waals surface area (Å²) in [7, 11) is 9.13. The summed E-state index contributed by atoms with van der Waals surface area (Å²) in [4.78, 5) is 89.5. The molecule has 19 nitrogen and oxygen atoms in total. The van der Waals surface area contributed by atoms with E-state index in [1.165, 1.54) is 19.3 Å². The van der Waals surface area contributed by atoms with E-state index in [0.717, 1.165) is 129 Å². The summed E-state index contributed by atoms with van der Waals surface area (Å²) in [6.45, 7) is 34.6. The minimum absolute atomic E-state index is 0.181. The van der Waals surface area contributed by atoms with Gasteiger partial charge in [0.2, 0.25) is 41.4 Å². The maximum Gasteiger partial charge on any atom is 0.225 e. The molecule has 7 amide bonds. The summed E-state index contributed by atoms with van der Waals surface area (Å²) in [5.41, 5.74) is 0. The molecule has 0 bridgehead atoms. The fourth-order valence-corrected chi connectivity index (χ4v) is 8.71. The number of carbonyl (C=O) groups excluding carboxylic acids is 7. The Bertz CT molecular complexity index is 1610. The van der Waals surface area contributed by atoms with Gasteiger partial charge >= 0.3 is 0 Å². The topological polar surface area (TPSA) is 188 Å². The van der Waals surface area contributed by atoms with Gasteiger partial charge in [0.25, 0.3) is 0 Å². The van der Waals surface area contributed by atoms with Crippen molar-refractivity contribution in [2.75, 3.05) is 134 Å². The molecule has 0 spiro atoms. The van der Waals surface area contributed by atoms with Gasteiger partial charge in [0.1, 0.15) is 0 Å². The smallest absolute Gasteiger partial charge is 0.225 e. The summed E-state index contributed by atoms with van der Waals surface area (Å²) in [5.74, 6) is 3.16. The quantitative estimate of drug-likeness (QED) is 0.254. The molecule has 19 heteroatoms. The Hall–Kier alpha value is -3.91. The van der Waals surface area contributed by atoms with E-state index in [1.807, 2.05) is 91.2 Å². The number of morpholine rings is 3. The third kappa shape index (κ3) is 33.6. The summed E-state index contributed by atoms with van der Waals surface area (Å²) >= 11 is 0. The molecule has 0 aromatic heterocycles. The van der Waals surface area contributed by atoms with Crippen LogP contribution >= 0.6 is 0 Å². The molecule has 8 aliphatic heterocycles. The molecule has 7 unspecified atom stereocenters. The minimum Gasteiger partial charge on any atom is -0.381 e. The molecule has 8 fully saturated rings. The van der Waals surface area contributed by atoms with Crippen molar-refractivity contribution >= 4 is 41.4 Å². The van der Waals surface area contributed by atoms with Crippen molar-refractivity contribution in [2.45, 2.75) is 190 Å². The molecule has 0 saturated carbocycles. The van der Waals surface area contributed by atoms with E-state index < -0.39 is 0 Å². The van der Waals surface area contributed by atoms with Crippen molar-refractivity contribution in [3.63, 3.8) is 0 Å². The van der Waals surface area contributed by atoms with Crippen LogP contribution in [0.2, 0.25) is 0 Å². The second-order valence-corrected chi connectivity index (χ2v) is 22.0. The molecule has 0 N–H and O–H groups in total. The van der Waals surface area contributed by atoms with E-state index in [-0.39, 0.29) is 53.6 Å². The summed E-state index contributed by atoms with van der Waals surface area (Å²) in [5, 5.41) is 0. The average molecular weight is 1110 g/mol. The largest absolute Gasteiger partial charge is 0.381 e. The molecule has 8 rings (SSSR count). The van der Waals surface area contributed by atoms with E-state index in [4.69, 9.17) is 23.7 Å². The number of carbonyl (C=O) groups is 7. The van der Waals surface area contributed by atoms with Gasteiger partial charge in [-0.1, -0.05) is 48.5 Å². The van der Waals surface area contributed by atoms with Gasteiger partial charge in [-0.15, -0.1) is 0 Å². The number of rotatable bonds is 7. The van der Waals surface area contributed by atoms with Crippen LogP contribution in [-0.4, -0.2) is 234 Å². The second kappa shape index (κ2) is 43.8. The zero-order chi connectivity index (χ0) is 59.2. The van der Waals surface area contributed by atoms with Crippen molar-refractivity contribution < 1.29 is 57.2 Å². The molecule has 0 aromatic rings. The van der Waals surface area contributed by atoms with E-state index in [9.17, 15) is 33.6 Å². The number of likely N-dealkylation sites (tertiary alicyclic amines) is 3. The Labute approximate surface area is 473 Å². The third-order valence-electron chi connectivity index (χ3n) is 14.4. The molecular weight excluding hydrogens is 999 g/mol. The van der Waals surface area contributed by atoms with E-state index in [0.29, 0.717) is 69.7 Å². The molecule has 7 atom stereocenters. The fourth-order valence-electron chi connectivity index (χ4n) is 8.71. The van der Waals surface area contributed by atoms with E-state index >= 15 is 0 Å². The monoisotopic (exact) mass is 1110 g/mol. The van der Waals surface area contributed by atoms with Crippen molar-refractivity contribution in [3.05, 3.63) is 0 Å². The van der Waals surface area contributed by atoms with Crippen LogP contribution in [-0.2, 0) is 57.2 Å².